The number of fused-ring (bicyclic) bond motifs is 3. The predicted molar refractivity (Wildman–Crippen MR) is 106 cm³/mol. The van der Waals surface area contributed by atoms with E-state index in [1.807, 2.05) is 12.1 Å². The van der Waals surface area contributed by atoms with E-state index in [1.165, 1.54) is 11.3 Å². The molecule has 0 spiro atoms. The lowest BCUT2D eigenvalue weighted by atomic mass is 9.95. The molecule has 1 aliphatic rings. The summed E-state index contributed by atoms with van der Waals surface area (Å²) in [6.45, 7) is 0. The molecule has 0 saturated heterocycles. The normalized spacial score (nSPS) is 13.5. The van der Waals surface area contributed by atoms with E-state index < -0.39 is 28.0 Å². The molecule has 1 aliphatic carbocycles. The Labute approximate surface area is 164 Å². The molecule has 1 aromatic heterocycles. The Morgan fingerprint density at radius 1 is 1.17 bits per heavy atom. The molecule has 0 unspecified atom stereocenters. The van der Waals surface area contributed by atoms with Crippen LogP contribution in [0.5, 0.6) is 11.5 Å². The van der Waals surface area contributed by atoms with E-state index in [9.17, 15) is 25.1 Å². The molecule has 1 heterocycles. The van der Waals surface area contributed by atoms with Crippen molar-refractivity contribution in [2.75, 3.05) is 0 Å². The number of H-pyrrole nitrogens is 1. The maximum absolute atomic E-state index is 12.4. The summed E-state index contributed by atoms with van der Waals surface area (Å²) >= 11 is 0. The number of nitrogens with one attached hydrogen (secondary N) is 2. The SMILES string of the molecule is O=C(N/N=C\c1cc([N+](=O)[O-])c(O)cc1O)c1ccc2[nH]c3c(c2c1)CCCC3. The summed E-state index contributed by atoms with van der Waals surface area (Å²) in [6, 6.07) is 7.20. The number of aromatic hydroxyl groups is 2. The molecule has 4 rings (SSSR count). The molecule has 1 amide bonds. The quantitative estimate of drug-likeness (QED) is 0.306. The van der Waals surface area contributed by atoms with Gasteiger partial charge >= 0.3 is 5.69 Å². The number of carbonyl (C=O) groups is 1. The second-order valence-electron chi connectivity index (χ2n) is 6.91. The van der Waals surface area contributed by atoms with Gasteiger partial charge in [0.25, 0.3) is 5.91 Å². The van der Waals surface area contributed by atoms with Crippen LogP contribution in [0, 0.1) is 10.1 Å². The van der Waals surface area contributed by atoms with Gasteiger partial charge in [-0.3, -0.25) is 14.9 Å². The van der Waals surface area contributed by atoms with E-state index in [-0.39, 0.29) is 5.56 Å². The van der Waals surface area contributed by atoms with Crippen LogP contribution < -0.4 is 5.43 Å². The summed E-state index contributed by atoms with van der Waals surface area (Å²) in [5.41, 5.74) is 5.69. The van der Waals surface area contributed by atoms with Gasteiger partial charge in [0, 0.05) is 39.9 Å². The molecule has 0 atom stereocenters. The van der Waals surface area contributed by atoms with Gasteiger partial charge in [-0.25, -0.2) is 5.43 Å². The van der Waals surface area contributed by atoms with Gasteiger partial charge in [-0.05, 0) is 49.4 Å². The number of hydrogen-bond donors (Lipinski definition) is 4. The van der Waals surface area contributed by atoms with Crippen LogP contribution in [0.1, 0.15) is 40.0 Å². The van der Waals surface area contributed by atoms with Gasteiger partial charge in [0.2, 0.25) is 0 Å². The van der Waals surface area contributed by atoms with Crippen LogP contribution in [0.2, 0.25) is 0 Å². The summed E-state index contributed by atoms with van der Waals surface area (Å²) < 4.78 is 0. The molecule has 29 heavy (non-hydrogen) atoms. The third-order valence-corrected chi connectivity index (χ3v) is 5.05. The number of phenols is 2. The fraction of sp³-hybridized carbons (Fsp3) is 0.200. The maximum Gasteiger partial charge on any atom is 0.311 e. The van der Waals surface area contributed by atoms with Gasteiger partial charge < -0.3 is 15.2 Å². The fourth-order valence-electron chi connectivity index (χ4n) is 3.60. The largest absolute Gasteiger partial charge is 0.507 e. The summed E-state index contributed by atoms with van der Waals surface area (Å²) in [6.07, 6.45) is 5.36. The Morgan fingerprint density at radius 2 is 1.97 bits per heavy atom. The van der Waals surface area contributed by atoms with Gasteiger partial charge in [0.05, 0.1) is 11.1 Å². The first-order chi connectivity index (χ1) is 13.9. The third kappa shape index (κ3) is 3.49. The van der Waals surface area contributed by atoms with Crippen molar-refractivity contribution in [3.63, 3.8) is 0 Å². The predicted octanol–water partition coefficient (Wildman–Crippen LogP) is 3.13. The van der Waals surface area contributed by atoms with Gasteiger partial charge in [0.1, 0.15) is 5.75 Å². The highest BCUT2D eigenvalue weighted by atomic mass is 16.6. The topological polar surface area (TPSA) is 141 Å². The van der Waals surface area contributed by atoms with E-state index in [0.717, 1.165) is 54.9 Å². The molecule has 148 valence electrons. The van der Waals surface area contributed by atoms with Crippen molar-refractivity contribution in [3.05, 3.63) is 62.8 Å². The van der Waals surface area contributed by atoms with E-state index in [2.05, 4.69) is 15.5 Å². The average molecular weight is 394 g/mol. The van der Waals surface area contributed by atoms with Crippen LogP contribution in [0.15, 0.2) is 35.4 Å². The number of hydrazone groups is 1. The maximum atomic E-state index is 12.4. The first kappa shape index (κ1) is 18.5. The number of rotatable bonds is 4. The smallest absolute Gasteiger partial charge is 0.311 e. The lowest BCUT2D eigenvalue weighted by molar-refractivity contribution is -0.385. The molecule has 9 heteroatoms. The highest BCUT2D eigenvalue weighted by Crippen LogP contribution is 2.32. The van der Waals surface area contributed by atoms with Gasteiger partial charge in [-0.1, -0.05) is 0 Å². The molecule has 0 aliphatic heterocycles. The van der Waals surface area contributed by atoms with Crippen LogP contribution in [0.4, 0.5) is 5.69 Å². The Bertz CT molecular complexity index is 1170. The summed E-state index contributed by atoms with van der Waals surface area (Å²) in [4.78, 5) is 26.0. The zero-order valence-electron chi connectivity index (χ0n) is 15.3. The van der Waals surface area contributed by atoms with Crippen LogP contribution >= 0.6 is 0 Å². The average Bonchev–Trinajstić information content (AvgIpc) is 3.07. The van der Waals surface area contributed by atoms with E-state index in [1.54, 1.807) is 6.07 Å². The number of phenolic OH excluding ortho intramolecular Hbond substituents is 2. The zero-order chi connectivity index (χ0) is 20.5. The van der Waals surface area contributed by atoms with Crippen LogP contribution in [0.3, 0.4) is 0 Å². The number of nitro groups is 1. The number of aromatic nitrogens is 1. The Hall–Kier alpha value is -3.88. The third-order valence-electron chi connectivity index (χ3n) is 5.05. The van der Waals surface area contributed by atoms with Crippen molar-refractivity contribution >= 4 is 28.7 Å². The lowest BCUT2D eigenvalue weighted by Gasteiger charge is -2.10. The Balaban J connectivity index is 1.54. The number of aromatic amines is 1. The van der Waals surface area contributed by atoms with Crippen LogP contribution in [-0.4, -0.2) is 32.2 Å². The van der Waals surface area contributed by atoms with E-state index >= 15 is 0 Å². The van der Waals surface area contributed by atoms with Gasteiger partial charge in [-0.2, -0.15) is 5.10 Å². The second kappa shape index (κ2) is 7.27. The van der Waals surface area contributed by atoms with Crippen molar-refractivity contribution in [1.82, 2.24) is 10.4 Å². The molecule has 9 nitrogen and oxygen atoms in total. The Kier molecular flexibility index (Phi) is 4.63. The minimum Gasteiger partial charge on any atom is -0.507 e. The molecule has 0 bridgehead atoms. The van der Waals surface area contributed by atoms with E-state index in [0.29, 0.717) is 5.56 Å². The molecule has 2 aromatic carbocycles. The number of amides is 1. The number of nitrogens with zero attached hydrogens (tertiary/aromatic N) is 2. The number of carbonyl (C=O) groups excluding carboxylic acids is 1. The zero-order valence-corrected chi connectivity index (χ0v) is 15.3. The molecule has 0 fully saturated rings. The van der Waals surface area contributed by atoms with Crippen molar-refractivity contribution in [2.24, 2.45) is 5.10 Å². The number of nitro benzene ring substituents is 1. The highest BCUT2D eigenvalue weighted by Gasteiger charge is 2.18. The summed E-state index contributed by atoms with van der Waals surface area (Å²) in [5.74, 6) is -1.50. The molecular formula is C20H18N4O5. The van der Waals surface area contributed by atoms with Gasteiger partial charge in [0.15, 0.2) is 5.75 Å². The van der Waals surface area contributed by atoms with Crippen molar-refractivity contribution in [2.45, 2.75) is 25.7 Å². The standard InChI is InChI=1S/C20H18N4O5/c25-18-9-19(26)17(24(28)29)8-12(18)10-21-23-20(27)11-5-6-16-14(7-11)13-3-1-2-4-15(13)22-16/h5-10,22,25-26H,1-4H2,(H,23,27)/b21-10-. The minimum atomic E-state index is -0.780. The summed E-state index contributed by atoms with van der Waals surface area (Å²) in [5, 5.41) is 35.0. The minimum absolute atomic E-state index is 0.00930. The second-order valence-corrected chi connectivity index (χ2v) is 6.91. The first-order valence-corrected chi connectivity index (χ1v) is 9.11. The van der Waals surface area contributed by atoms with Crippen molar-refractivity contribution < 1.29 is 19.9 Å². The van der Waals surface area contributed by atoms with Gasteiger partial charge in [-0.15, -0.1) is 0 Å². The molecule has 3 aromatic rings. The molecule has 4 N–H and O–H groups in total. The van der Waals surface area contributed by atoms with Crippen LogP contribution in [0.25, 0.3) is 10.9 Å². The van der Waals surface area contributed by atoms with Crippen molar-refractivity contribution in [1.29, 1.82) is 0 Å². The fourth-order valence-corrected chi connectivity index (χ4v) is 3.60. The molecule has 0 saturated carbocycles. The van der Waals surface area contributed by atoms with Crippen molar-refractivity contribution in [3.8, 4) is 11.5 Å². The Morgan fingerprint density at radius 3 is 2.76 bits per heavy atom. The first-order valence-electron chi connectivity index (χ1n) is 9.11. The lowest BCUT2D eigenvalue weighted by Crippen LogP contribution is -2.17. The van der Waals surface area contributed by atoms with E-state index in [4.69, 9.17) is 0 Å². The molecular weight excluding hydrogens is 376 g/mol. The number of hydrogen-bond acceptors (Lipinski definition) is 6. The highest BCUT2D eigenvalue weighted by molar-refractivity contribution is 5.99. The van der Waals surface area contributed by atoms with Crippen LogP contribution in [-0.2, 0) is 12.8 Å². The number of benzene rings is 2. The number of aryl methyl sites for hydroxylation is 2. The molecule has 0 radical (unpaired) electrons. The monoisotopic (exact) mass is 394 g/mol. The summed E-state index contributed by atoms with van der Waals surface area (Å²) in [7, 11) is 0.